The van der Waals surface area contributed by atoms with Gasteiger partial charge in [0.15, 0.2) is 5.82 Å². The highest BCUT2D eigenvalue weighted by molar-refractivity contribution is 5.37. The third kappa shape index (κ3) is 2.97. The standard InChI is InChI=1S/C14H23N3O2/c1-13(2,3)17-9-7-15-11(12(17)18)16-8-5-6-14(4,19)10-16/h7,9,19H,5-6,8,10H2,1-4H3. The van der Waals surface area contributed by atoms with Crippen molar-refractivity contribution in [1.82, 2.24) is 9.55 Å². The summed E-state index contributed by atoms with van der Waals surface area (Å²) in [5, 5.41) is 10.1. The van der Waals surface area contributed by atoms with Gasteiger partial charge >= 0.3 is 0 Å². The number of rotatable bonds is 1. The van der Waals surface area contributed by atoms with Crippen LogP contribution < -0.4 is 10.5 Å². The normalized spacial score (nSPS) is 24.6. The Morgan fingerprint density at radius 2 is 2.11 bits per heavy atom. The van der Waals surface area contributed by atoms with E-state index < -0.39 is 5.60 Å². The van der Waals surface area contributed by atoms with E-state index in [1.807, 2.05) is 32.6 Å². The van der Waals surface area contributed by atoms with E-state index in [1.54, 1.807) is 17.0 Å². The third-order valence-corrected chi connectivity index (χ3v) is 3.52. The van der Waals surface area contributed by atoms with Gasteiger partial charge in [-0.15, -0.1) is 0 Å². The van der Waals surface area contributed by atoms with Crippen molar-refractivity contribution in [2.45, 2.75) is 51.7 Å². The Balaban J connectivity index is 2.39. The van der Waals surface area contributed by atoms with Crippen LogP contribution >= 0.6 is 0 Å². The van der Waals surface area contributed by atoms with Crippen molar-refractivity contribution in [2.24, 2.45) is 0 Å². The molecular formula is C14H23N3O2. The number of aliphatic hydroxyl groups is 1. The molecule has 2 heterocycles. The van der Waals surface area contributed by atoms with Crippen LogP contribution in [0.5, 0.6) is 0 Å². The highest BCUT2D eigenvalue weighted by Crippen LogP contribution is 2.23. The monoisotopic (exact) mass is 265 g/mol. The van der Waals surface area contributed by atoms with Gasteiger partial charge in [0.25, 0.3) is 5.56 Å². The van der Waals surface area contributed by atoms with E-state index in [2.05, 4.69) is 4.98 Å². The second-order valence-electron chi connectivity index (χ2n) is 6.62. The van der Waals surface area contributed by atoms with E-state index in [9.17, 15) is 9.90 Å². The van der Waals surface area contributed by atoms with E-state index in [0.29, 0.717) is 12.4 Å². The second kappa shape index (κ2) is 4.63. The molecule has 1 aromatic rings. The molecule has 2 rings (SSSR count). The van der Waals surface area contributed by atoms with Crippen LogP contribution in [0.15, 0.2) is 17.2 Å². The average molecular weight is 265 g/mol. The molecule has 0 radical (unpaired) electrons. The molecule has 1 aromatic heterocycles. The van der Waals surface area contributed by atoms with Gasteiger partial charge < -0.3 is 14.6 Å². The van der Waals surface area contributed by atoms with Crippen molar-refractivity contribution < 1.29 is 5.11 Å². The molecule has 106 valence electrons. The SMILES string of the molecule is CC1(O)CCCN(c2nccn(C(C)(C)C)c2=O)C1. The highest BCUT2D eigenvalue weighted by Gasteiger charge is 2.31. The first-order valence-corrected chi connectivity index (χ1v) is 6.76. The number of nitrogens with zero attached hydrogens (tertiary/aromatic N) is 3. The fraction of sp³-hybridized carbons (Fsp3) is 0.714. The molecule has 1 N–H and O–H groups in total. The van der Waals surface area contributed by atoms with Crippen LogP contribution in [0.4, 0.5) is 5.82 Å². The summed E-state index contributed by atoms with van der Waals surface area (Å²) in [4.78, 5) is 18.6. The summed E-state index contributed by atoms with van der Waals surface area (Å²) in [7, 11) is 0. The minimum Gasteiger partial charge on any atom is -0.388 e. The highest BCUT2D eigenvalue weighted by atomic mass is 16.3. The van der Waals surface area contributed by atoms with Gasteiger partial charge in [-0.2, -0.15) is 0 Å². The summed E-state index contributed by atoms with van der Waals surface area (Å²) in [6, 6.07) is 0. The van der Waals surface area contributed by atoms with Crippen LogP contribution in [0.3, 0.4) is 0 Å². The zero-order valence-corrected chi connectivity index (χ0v) is 12.2. The molecule has 1 saturated heterocycles. The quantitative estimate of drug-likeness (QED) is 0.832. The number of piperidine rings is 1. The third-order valence-electron chi connectivity index (χ3n) is 3.52. The van der Waals surface area contributed by atoms with Gasteiger partial charge in [-0.3, -0.25) is 4.79 Å². The predicted octanol–water partition coefficient (Wildman–Crippen LogP) is 1.35. The van der Waals surface area contributed by atoms with E-state index in [4.69, 9.17) is 0 Å². The summed E-state index contributed by atoms with van der Waals surface area (Å²) in [6.07, 6.45) is 5.02. The Bertz CT molecular complexity index is 514. The number of hydrogen-bond donors (Lipinski definition) is 1. The maximum absolute atomic E-state index is 12.5. The van der Waals surface area contributed by atoms with E-state index in [1.165, 1.54) is 0 Å². The molecule has 0 saturated carbocycles. The van der Waals surface area contributed by atoms with Gasteiger partial charge in [-0.05, 0) is 40.5 Å². The molecule has 1 unspecified atom stereocenters. The molecule has 1 atom stereocenters. The number of β-amino-alcohol motifs (C(OH)–C–C–N with tert-alkyl or cyclic N) is 1. The molecule has 0 aliphatic carbocycles. The van der Waals surface area contributed by atoms with Crippen LogP contribution in [0.25, 0.3) is 0 Å². The number of aromatic nitrogens is 2. The fourth-order valence-electron chi connectivity index (χ4n) is 2.55. The summed E-state index contributed by atoms with van der Waals surface area (Å²) in [5.41, 5.74) is -1.10. The molecule has 1 fully saturated rings. The molecule has 5 heteroatoms. The fourth-order valence-corrected chi connectivity index (χ4v) is 2.55. The first-order valence-electron chi connectivity index (χ1n) is 6.76. The van der Waals surface area contributed by atoms with Crippen LogP contribution in [-0.4, -0.2) is 33.3 Å². The minimum atomic E-state index is -0.741. The van der Waals surface area contributed by atoms with Crippen molar-refractivity contribution in [3.63, 3.8) is 0 Å². The molecular weight excluding hydrogens is 242 g/mol. The lowest BCUT2D eigenvalue weighted by atomic mass is 9.95. The second-order valence-corrected chi connectivity index (χ2v) is 6.62. The van der Waals surface area contributed by atoms with Crippen LogP contribution in [0.2, 0.25) is 0 Å². The summed E-state index contributed by atoms with van der Waals surface area (Å²) < 4.78 is 1.69. The Hall–Kier alpha value is -1.36. The lowest BCUT2D eigenvalue weighted by Gasteiger charge is -2.37. The van der Waals surface area contributed by atoms with E-state index in [-0.39, 0.29) is 11.1 Å². The van der Waals surface area contributed by atoms with Gasteiger partial charge in [0.1, 0.15) is 0 Å². The summed E-state index contributed by atoms with van der Waals surface area (Å²) in [5.74, 6) is 0.442. The van der Waals surface area contributed by atoms with Gasteiger partial charge in [0.05, 0.1) is 5.60 Å². The largest absolute Gasteiger partial charge is 0.388 e. The van der Waals surface area contributed by atoms with Gasteiger partial charge in [0.2, 0.25) is 0 Å². The van der Waals surface area contributed by atoms with E-state index >= 15 is 0 Å². The number of hydrogen-bond acceptors (Lipinski definition) is 4. The molecule has 0 amide bonds. The van der Waals surface area contributed by atoms with Gasteiger partial charge in [0, 0.05) is 31.0 Å². The first kappa shape index (κ1) is 14.1. The summed E-state index contributed by atoms with van der Waals surface area (Å²) >= 11 is 0. The Labute approximate surface area is 113 Å². The van der Waals surface area contributed by atoms with Gasteiger partial charge in [-0.1, -0.05) is 0 Å². The molecule has 0 spiro atoms. The molecule has 0 bridgehead atoms. The molecule has 0 aromatic carbocycles. The topological polar surface area (TPSA) is 58.4 Å². The van der Waals surface area contributed by atoms with Crippen molar-refractivity contribution in [2.75, 3.05) is 18.0 Å². The van der Waals surface area contributed by atoms with Crippen LogP contribution in [-0.2, 0) is 5.54 Å². The molecule has 5 nitrogen and oxygen atoms in total. The van der Waals surface area contributed by atoms with E-state index in [0.717, 1.165) is 19.4 Å². The molecule has 19 heavy (non-hydrogen) atoms. The Morgan fingerprint density at radius 1 is 1.42 bits per heavy atom. The molecule has 1 aliphatic rings. The first-order chi connectivity index (χ1) is 8.71. The van der Waals surface area contributed by atoms with Crippen molar-refractivity contribution >= 4 is 5.82 Å². The smallest absolute Gasteiger partial charge is 0.293 e. The van der Waals surface area contributed by atoms with Crippen molar-refractivity contribution in [1.29, 1.82) is 0 Å². The van der Waals surface area contributed by atoms with Crippen molar-refractivity contribution in [3.05, 3.63) is 22.7 Å². The summed E-state index contributed by atoms with van der Waals surface area (Å²) in [6.45, 7) is 9.01. The molecule has 1 aliphatic heterocycles. The Morgan fingerprint density at radius 3 is 2.68 bits per heavy atom. The average Bonchev–Trinajstić information content (AvgIpc) is 2.26. The maximum Gasteiger partial charge on any atom is 0.293 e. The predicted molar refractivity (Wildman–Crippen MR) is 75.6 cm³/mol. The van der Waals surface area contributed by atoms with Crippen LogP contribution in [0, 0.1) is 0 Å². The minimum absolute atomic E-state index is 0.0901. The zero-order chi connectivity index (χ0) is 14.3. The lowest BCUT2D eigenvalue weighted by molar-refractivity contribution is 0.0446. The van der Waals surface area contributed by atoms with Gasteiger partial charge in [-0.25, -0.2) is 4.98 Å². The lowest BCUT2D eigenvalue weighted by Crippen LogP contribution is -2.49. The van der Waals surface area contributed by atoms with Crippen LogP contribution in [0.1, 0.15) is 40.5 Å². The Kier molecular flexibility index (Phi) is 3.43. The number of anilines is 1. The zero-order valence-electron chi connectivity index (χ0n) is 12.2. The van der Waals surface area contributed by atoms with Crippen molar-refractivity contribution in [3.8, 4) is 0 Å². The maximum atomic E-state index is 12.5.